The van der Waals surface area contributed by atoms with E-state index in [9.17, 15) is 14.4 Å². The maximum absolute atomic E-state index is 11.5. The zero-order valence-electron chi connectivity index (χ0n) is 10.6. The van der Waals surface area contributed by atoms with Crippen LogP contribution < -0.4 is 10.6 Å². The van der Waals surface area contributed by atoms with Gasteiger partial charge in [-0.25, -0.2) is 4.79 Å². The summed E-state index contributed by atoms with van der Waals surface area (Å²) in [6, 6.07) is -0.283. The molecule has 1 saturated heterocycles. The normalized spacial score (nSPS) is 15.2. The molecule has 1 aliphatic rings. The van der Waals surface area contributed by atoms with Crippen LogP contribution in [0.2, 0.25) is 0 Å². The molecule has 0 saturated carbocycles. The van der Waals surface area contributed by atoms with Crippen LogP contribution in [0, 0.1) is 5.92 Å². The Morgan fingerprint density at radius 1 is 1.33 bits per heavy atom. The van der Waals surface area contributed by atoms with Gasteiger partial charge in [-0.05, 0) is 13.8 Å². The third-order valence-corrected chi connectivity index (χ3v) is 2.56. The number of likely N-dealkylation sites (tertiary alicyclic amines) is 1. The Morgan fingerprint density at radius 2 is 1.94 bits per heavy atom. The molecule has 7 nitrogen and oxygen atoms in total. The fraction of sp³-hybridized carbons (Fsp3) is 0.727. The maximum Gasteiger partial charge on any atom is 0.317 e. The molecule has 0 aromatic heterocycles. The second-order valence-corrected chi connectivity index (χ2v) is 4.75. The van der Waals surface area contributed by atoms with Gasteiger partial charge < -0.3 is 20.6 Å². The number of carbonyl (C=O) groups is 3. The molecule has 1 aliphatic heterocycles. The summed E-state index contributed by atoms with van der Waals surface area (Å²) < 4.78 is 0. The van der Waals surface area contributed by atoms with E-state index in [2.05, 4.69) is 10.6 Å². The highest BCUT2D eigenvalue weighted by molar-refractivity contribution is 5.84. The summed E-state index contributed by atoms with van der Waals surface area (Å²) in [7, 11) is 0. The molecule has 1 rings (SSSR count). The predicted octanol–water partition coefficient (Wildman–Crippen LogP) is -0.373. The van der Waals surface area contributed by atoms with Crippen molar-refractivity contribution in [2.45, 2.75) is 26.3 Å². The van der Waals surface area contributed by atoms with Gasteiger partial charge in [-0.2, -0.15) is 0 Å². The van der Waals surface area contributed by atoms with E-state index in [-0.39, 0.29) is 36.9 Å². The number of amides is 3. The molecular weight excluding hydrogens is 238 g/mol. The van der Waals surface area contributed by atoms with Crippen molar-refractivity contribution in [1.82, 2.24) is 15.5 Å². The second-order valence-electron chi connectivity index (χ2n) is 4.75. The molecule has 7 heteroatoms. The maximum atomic E-state index is 11.5. The Hall–Kier alpha value is -1.79. The highest BCUT2D eigenvalue weighted by Gasteiger charge is 2.31. The van der Waals surface area contributed by atoms with Crippen LogP contribution in [0.3, 0.4) is 0 Å². The fourth-order valence-corrected chi connectivity index (χ4v) is 1.75. The third-order valence-electron chi connectivity index (χ3n) is 2.56. The van der Waals surface area contributed by atoms with E-state index in [1.165, 1.54) is 4.90 Å². The average Bonchev–Trinajstić information content (AvgIpc) is 2.18. The first-order chi connectivity index (χ1) is 8.38. The molecule has 18 heavy (non-hydrogen) atoms. The quantitative estimate of drug-likeness (QED) is 0.625. The van der Waals surface area contributed by atoms with Gasteiger partial charge in [0, 0.05) is 25.0 Å². The Bertz CT molecular complexity index is 337. The highest BCUT2D eigenvalue weighted by Crippen LogP contribution is 2.18. The zero-order valence-corrected chi connectivity index (χ0v) is 10.6. The molecule has 1 fully saturated rings. The lowest BCUT2D eigenvalue weighted by Gasteiger charge is -2.38. The van der Waals surface area contributed by atoms with E-state index in [0.717, 1.165) is 0 Å². The van der Waals surface area contributed by atoms with Gasteiger partial charge in [-0.1, -0.05) is 0 Å². The lowest BCUT2D eigenvalue weighted by Crippen LogP contribution is -2.55. The van der Waals surface area contributed by atoms with E-state index >= 15 is 0 Å². The van der Waals surface area contributed by atoms with E-state index in [0.29, 0.717) is 13.1 Å². The largest absolute Gasteiger partial charge is 0.481 e. The predicted molar refractivity (Wildman–Crippen MR) is 64.0 cm³/mol. The van der Waals surface area contributed by atoms with Crippen LogP contribution in [0.15, 0.2) is 0 Å². The fourth-order valence-electron chi connectivity index (χ4n) is 1.75. The molecule has 3 N–H and O–H groups in total. The minimum atomic E-state index is -0.851. The molecule has 1 heterocycles. The van der Waals surface area contributed by atoms with Crippen molar-refractivity contribution in [1.29, 1.82) is 0 Å². The van der Waals surface area contributed by atoms with Crippen molar-refractivity contribution in [3.8, 4) is 0 Å². The number of rotatable bonds is 5. The summed E-state index contributed by atoms with van der Waals surface area (Å²) in [4.78, 5) is 34.7. The number of hydrogen-bond acceptors (Lipinski definition) is 3. The molecule has 102 valence electrons. The first-order valence-electron chi connectivity index (χ1n) is 5.92. The number of carboxylic acids is 1. The van der Waals surface area contributed by atoms with E-state index in [1.54, 1.807) is 0 Å². The smallest absolute Gasteiger partial charge is 0.317 e. The van der Waals surface area contributed by atoms with E-state index in [4.69, 9.17) is 5.11 Å². The minimum Gasteiger partial charge on any atom is -0.481 e. The molecule has 0 atom stereocenters. The summed E-state index contributed by atoms with van der Waals surface area (Å²) in [6.45, 7) is 4.49. The van der Waals surface area contributed by atoms with Crippen LogP contribution in [-0.4, -0.2) is 53.6 Å². The van der Waals surface area contributed by atoms with E-state index in [1.807, 2.05) is 13.8 Å². The SMILES string of the molecule is CC(C)NC(=O)CNC(=O)N1CC(CC(=O)O)C1. The number of urea groups is 1. The second kappa shape index (κ2) is 6.23. The Balaban J connectivity index is 2.16. The first-order valence-corrected chi connectivity index (χ1v) is 5.92. The molecule has 0 aromatic rings. The van der Waals surface area contributed by atoms with Gasteiger partial charge in [0.15, 0.2) is 0 Å². The summed E-state index contributed by atoms with van der Waals surface area (Å²) in [5.41, 5.74) is 0. The molecule has 0 aromatic carbocycles. The monoisotopic (exact) mass is 257 g/mol. The topological polar surface area (TPSA) is 98.7 Å². The van der Waals surface area contributed by atoms with Crippen molar-refractivity contribution in [2.75, 3.05) is 19.6 Å². The highest BCUT2D eigenvalue weighted by atomic mass is 16.4. The molecule has 0 radical (unpaired) electrons. The van der Waals surface area contributed by atoms with Crippen molar-refractivity contribution in [3.05, 3.63) is 0 Å². The van der Waals surface area contributed by atoms with Gasteiger partial charge in [-0.3, -0.25) is 9.59 Å². The number of nitrogens with one attached hydrogen (secondary N) is 2. The van der Waals surface area contributed by atoms with Gasteiger partial charge in [0.25, 0.3) is 0 Å². The van der Waals surface area contributed by atoms with Crippen LogP contribution in [-0.2, 0) is 9.59 Å². The zero-order chi connectivity index (χ0) is 13.7. The summed E-state index contributed by atoms with van der Waals surface area (Å²) >= 11 is 0. The van der Waals surface area contributed by atoms with Crippen LogP contribution in [0.5, 0.6) is 0 Å². The molecule has 0 spiro atoms. The van der Waals surface area contributed by atoms with Gasteiger partial charge in [-0.15, -0.1) is 0 Å². The molecule has 0 aliphatic carbocycles. The lowest BCUT2D eigenvalue weighted by molar-refractivity contribution is -0.139. The number of carbonyl (C=O) groups excluding carboxylic acids is 2. The summed E-state index contributed by atoms with van der Waals surface area (Å²) in [5, 5.41) is 13.7. The van der Waals surface area contributed by atoms with Crippen LogP contribution in [0.1, 0.15) is 20.3 Å². The Kier molecular flexibility index (Phi) is 4.94. The minimum absolute atomic E-state index is 0.0257. The van der Waals surface area contributed by atoms with Gasteiger partial charge in [0.2, 0.25) is 5.91 Å². The van der Waals surface area contributed by atoms with Crippen molar-refractivity contribution in [3.63, 3.8) is 0 Å². The number of aliphatic carboxylic acids is 1. The molecule has 0 unspecified atom stereocenters. The van der Waals surface area contributed by atoms with Crippen LogP contribution >= 0.6 is 0 Å². The Morgan fingerprint density at radius 3 is 2.44 bits per heavy atom. The van der Waals surface area contributed by atoms with Crippen molar-refractivity contribution >= 4 is 17.9 Å². The molecular formula is C11H19N3O4. The molecule has 3 amide bonds. The summed E-state index contributed by atoms with van der Waals surface area (Å²) in [6.07, 6.45) is 0.0810. The van der Waals surface area contributed by atoms with Gasteiger partial charge in [0.05, 0.1) is 13.0 Å². The summed E-state index contributed by atoms with van der Waals surface area (Å²) in [5.74, 6) is -1.06. The Labute approximate surface area is 106 Å². The third kappa shape index (κ3) is 4.60. The van der Waals surface area contributed by atoms with Gasteiger partial charge >= 0.3 is 12.0 Å². The van der Waals surface area contributed by atoms with Crippen molar-refractivity contribution in [2.24, 2.45) is 5.92 Å². The van der Waals surface area contributed by atoms with E-state index < -0.39 is 5.97 Å². The number of carboxylic acid groups (broad SMARTS) is 1. The van der Waals surface area contributed by atoms with Crippen LogP contribution in [0.25, 0.3) is 0 Å². The van der Waals surface area contributed by atoms with Crippen molar-refractivity contribution < 1.29 is 19.5 Å². The lowest BCUT2D eigenvalue weighted by atomic mass is 9.97. The van der Waals surface area contributed by atoms with Gasteiger partial charge in [0.1, 0.15) is 0 Å². The average molecular weight is 257 g/mol. The number of nitrogens with zero attached hydrogens (tertiary/aromatic N) is 1. The number of hydrogen-bond donors (Lipinski definition) is 3. The van der Waals surface area contributed by atoms with Crippen LogP contribution in [0.4, 0.5) is 4.79 Å². The standard InChI is InChI=1S/C11H19N3O4/c1-7(2)13-9(15)4-12-11(18)14-5-8(6-14)3-10(16)17/h7-8H,3-6H2,1-2H3,(H,12,18)(H,13,15)(H,16,17). The first kappa shape index (κ1) is 14.3. The molecule has 0 bridgehead atoms.